The second kappa shape index (κ2) is 5.13. The molecule has 0 aliphatic heterocycles. The molecule has 1 saturated carbocycles. The van der Waals surface area contributed by atoms with Crippen LogP contribution in [0.4, 0.5) is 10.3 Å². The molecule has 5 nitrogen and oxygen atoms in total. The van der Waals surface area contributed by atoms with Gasteiger partial charge in [0.1, 0.15) is 5.82 Å². The van der Waals surface area contributed by atoms with E-state index in [0.717, 1.165) is 32.2 Å². The summed E-state index contributed by atoms with van der Waals surface area (Å²) in [4.78, 5) is 4.28. The third-order valence-corrected chi connectivity index (χ3v) is 3.66. The molecule has 0 unspecified atom stereocenters. The number of aliphatic hydroxyl groups is 1. The lowest BCUT2D eigenvalue weighted by Gasteiger charge is -2.25. The van der Waals surface area contributed by atoms with E-state index in [-0.39, 0.29) is 11.9 Å². The summed E-state index contributed by atoms with van der Waals surface area (Å²) in [5.41, 5.74) is 0.628. The maximum atomic E-state index is 13.0. The van der Waals surface area contributed by atoms with Gasteiger partial charge in [-0.3, -0.25) is 0 Å². The Labute approximate surface area is 110 Å². The Morgan fingerprint density at radius 3 is 2.89 bits per heavy atom. The maximum Gasteiger partial charge on any atom is 0.243 e. The van der Waals surface area contributed by atoms with Crippen LogP contribution in [0, 0.1) is 11.7 Å². The van der Waals surface area contributed by atoms with Gasteiger partial charge in [0, 0.05) is 6.54 Å². The topological polar surface area (TPSA) is 62.5 Å². The normalized spacial score (nSPS) is 23.7. The minimum absolute atomic E-state index is 0.132. The second-order valence-corrected chi connectivity index (χ2v) is 5.14. The number of pyridine rings is 1. The number of aromatic nitrogens is 3. The average molecular weight is 264 g/mol. The van der Waals surface area contributed by atoms with Crippen LogP contribution in [-0.4, -0.2) is 32.4 Å². The van der Waals surface area contributed by atoms with Crippen LogP contribution in [0.1, 0.15) is 25.7 Å². The molecule has 6 heteroatoms. The second-order valence-electron chi connectivity index (χ2n) is 5.14. The van der Waals surface area contributed by atoms with Crippen molar-refractivity contribution in [3.8, 4) is 0 Å². The molecule has 0 spiro atoms. The molecule has 0 bridgehead atoms. The lowest BCUT2D eigenvalue weighted by molar-refractivity contribution is 0.111. The van der Waals surface area contributed by atoms with E-state index in [4.69, 9.17) is 0 Å². The first-order valence-corrected chi connectivity index (χ1v) is 6.64. The fourth-order valence-electron chi connectivity index (χ4n) is 2.52. The van der Waals surface area contributed by atoms with Crippen LogP contribution < -0.4 is 5.32 Å². The third-order valence-electron chi connectivity index (χ3n) is 3.66. The van der Waals surface area contributed by atoms with Crippen LogP contribution in [0.25, 0.3) is 5.65 Å². The van der Waals surface area contributed by atoms with Crippen LogP contribution in [-0.2, 0) is 0 Å². The smallest absolute Gasteiger partial charge is 0.243 e. The lowest BCUT2D eigenvalue weighted by Crippen LogP contribution is -2.23. The number of aliphatic hydroxyl groups excluding tert-OH is 1. The Morgan fingerprint density at radius 1 is 1.32 bits per heavy atom. The Kier molecular flexibility index (Phi) is 3.33. The van der Waals surface area contributed by atoms with Gasteiger partial charge in [-0.25, -0.2) is 8.91 Å². The molecule has 0 amide bonds. The van der Waals surface area contributed by atoms with Crippen molar-refractivity contribution < 1.29 is 9.50 Å². The first-order chi connectivity index (χ1) is 9.20. The van der Waals surface area contributed by atoms with E-state index < -0.39 is 0 Å². The summed E-state index contributed by atoms with van der Waals surface area (Å²) in [6.45, 7) is 0.798. The van der Waals surface area contributed by atoms with Gasteiger partial charge in [-0.2, -0.15) is 4.98 Å². The molecule has 2 heterocycles. The molecule has 1 aliphatic rings. The summed E-state index contributed by atoms with van der Waals surface area (Å²) in [5.74, 6) is 0.744. The van der Waals surface area contributed by atoms with E-state index in [1.807, 2.05) is 0 Å². The van der Waals surface area contributed by atoms with Crippen molar-refractivity contribution >= 4 is 11.6 Å². The molecule has 1 aliphatic carbocycles. The highest BCUT2D eigenvalue weighted by Crippen LogP contribution is 2.24. The van der Waals surface area contributed by atoms with E-state index in [2.05, 4.69) is 15.4 Å². The van der Waals surface area contributed by atoms with Gasteiger partial charge in [0.2, 0.25) is 5.95 Å². The minimum atomic E-state index is -0.329. The molecular weight excluding hydrogens is 247 g/mol. The number of nitrogens with one attached hydrogen (secondary N) is 1. The maximum absolute atomic E-state index is 13.0. The number of rotatable bonds is 3. The van der Waals surface area contributed by atoms with E-state index in [9.17, 15) is 9.50 Å². The molecule has 0 atom stereocenters. The molecule has 102 valence electrons. The summed E-state index contributed by atoms with van der Waals surface area (Å²) in [6, 6.07) is 2.97. The molecule has 2 aromatic rings. The predicted molar refractivity (Wildman–Crippen MR) is 69.4 cm³/mol. The number of anilines is 1. The van der Waals surface area contributed by atoms with Crippen LogP contribution >= 0.6 is 0 Å². The molecule has 19 heavy (non-hydrogen) atoms. The van der Waals surface area contributed by atoms with Gasteiger partial charge >= 0.3 is 0 Å². The highest BCUT2D eigenvalue weighted by Gasteiger charge is 2.19. The van der Waals surface area contributed by atoms with Crippen molar-refractivity contribution in [2.45, 2.75) is 31.8 Å². The zero-order valence-corrected chi connectivity index (χ0v) is 10.6. The zero-order chi connectivity index (χ0) is 13.2. The number of fused-ring (bicyclic) bond motifs is 1. The van der Waals surface area contributed by atoms with Gasteiger partial charge < -0.3 is 10.4 Å². The fourth-order valence-corrected chi connectivity index (χ4v) is 2.52. The van der Waals surface area contributed by atoms with Gasteiger partial charge in [-0.1, -0.05) is 0 Å². The predicted octanol–water partition coefficient (Wildman–Crippen LogP) is 1.83. The quantitative estimate of drug-likeness (QED) is 0.888. The van der Waals surface area contributed by atoms with E-state index >= 15 is 0 Å². The molecule has 2 N–H and O–H groups in total. The van der Waals surface area contributed by atoms with Gasteiger partial charge in [-0.15, -0.1) is 5.10 Å². The van der Waals surface area contributed by atoms with Gasteiger partial charge in [0.05, 0.1) is 12.3 Å². The standard InChI is InChI=1S/C13H17FN4O/c14-10-3-6-12-16-13(17-18(12)8-10)15-7-9-1-4-11(19)5-2-9/h3,6,8-9,11,19H,1-2,4-5,7H2,(H,15,17). The SMILES string of the molecule is OC1CCC(CNc2nc3ccc(F)cn3n2)CC1. The van der Waals surface area contributed by atoms with Crippen LogP contribution in [0.15, 0.2) is 18.3 Å². The highest BCUT2D eigenvalue weighted by atomic mass is 19.1. The number of hydrogen-bond donors (Lipinski definition) is 2. The molecule has 3 rings (SSSR count). The molecule has 0 radical (unpaired) electrons. The molecule has 2 aromatic heterocycles. The summed E-state index contributed by atoms with van der Waals surface area (Å²) >= 11 is 0. The van der Waals surface area contributed by atoms with Crippen molar-refractivity contribution in [3.63, 3.8) is 0 Å². The zero-order valence-electron chi connectivity index (χ0n) is 10.6. The lowest BCUT2D eigenvalue weighted by atomic mass is 9.87. The average Bonchev–Trinajstić information content (AvgIpc) is 2.80. The summed E-state index contributed by atoms with van der Waals surface area (Å²) < 4.78 is 14.5. The van der Waals surface area contributed by atoms with Crippen molar-refractivity contribution in [1.82, 2.24) is 14.6 Å². The van der Waals surface area contributed by atoms with Gasteiger partial charge in [0.15, 0.2) is 5.65 Å². The van der Waals surface area contributed by atoms with E-state index in [1.54, 1.807) is 6.07 Å². The highest BCUT2D eigenvalue weighted by molar-refractivity contribution is 5.43. The monoisotopic (exact) mass is 264 g/mol. The van der Waals surface area contributed by atoms with Crippen molar-refractivity contribution in [1.29, 1.82) is 0 Å². The first-order valence-electron chi connectivity index (χ1n) is 6.64. The largest absolute Gasteiger partial charge is 0.393 e. The fraction of sp³-hybridized carbons (Fsp3) is 0.538. The molecule has 0 aromatic carbocycles. The van der Waals surface area contributed by atoms with Crippen molar-refractivity contribution in [2.24, 2.45) is 5.92 Å². The van der Waals surface area contributed by atoms with Crippen LogP contribution in [0.2, 0.25) is 0 Å². The summed E-state index contributed by atoms with van der Waals surface area (Å²) in [6.07, 6.45) is 4.97. The van der Waals surface area contributed by atoms with E-state index in [0.29, 0.717) is 17.5 Å². The summed E-state index contributed by atoms with van der Waals surface area (Å²) in [5, 5.41) is 16.8. The van der Waals surface area contributed by atoms with E-state index in [1.165, 1.54) is 16.8 Å². The third kappa shape index (κ3) is 2.84. The molecule has 0 saturated heterocycles. The molecule has 1 fully saturated rings. The van der Waals surface area contributed by atoms with Crippen molar-refractivity contribution in [3.05, 3.63) is 24.1 Å². The Morgan fingerprint density at radius 2 is 2.11 bits per heavy atom. The Bertz CT molecular complexity index is 563. The van der Waals surface area contributed by atoms with Gasteiger partial charge in [0.25, 0.3) is 0 Å². The minimum Gasteiger partial charge on any atom is -0.393 e. The van der Waals surface area contributed by atoms with Crippen molar-refractivity contribution in [2.75, 3.05) is 11.9 Å². The van der Waals surface area contributed by atoms with Gasteiger partial charge in [-0.05, 0) is 43.7 Å². The Balaban J connectivity index is 1.62. The number of nitrogens with zero attached hydrogens (tertiary/aromatic N) is 3. The Hall–Kier alpha value is -1.69. The summed E-state index contributed by atoms with van der Waals surface area (Å²) in [7, 11) is 0. The number of hydrogen-bond acceptors (Lipinski definition) is 4. The van der Waals surface area contributed by atoms with Crippen LogP contribution in [0.3, 0.4) is 0 Å². The molecular formula is C13H17FN4O. The number of halogens is 1. The first kappa shape index (κ1) is 12.3. The van der Waals surface area contributed by atoms with Crippen LogP contribution in [0.5, 0.6) is 0 Å².